The number of hydrogen-bond donors (Lipinski definition) is 2. The van der Waals surface area contributed by atoms with Crippen molar-refractivity contribution >= 4 is 22.4 Å². The molecule has 0 aliphatic carbocycles. The summed E-state index contributed by atoms with van der Waals surface area (Å²) < 4.78 is 0. The molecule has 0 saturated carbocycles. The summed E-state index contributed by atoms with van der Waals surface area (Å²) in [6, 6.07) is 11.7. The third-order valence-electron chi connectivity index (χ3n) is 2.98. The zero-order valence-corrected chi connectivity index (χ0v) is 10.9. The predicted molar refractivity (Wildman–Crippen MR) is 78.2 cm³/mol. The van der Waals surface area contributed by atoms with Gasteiger partial charge < -0.3 is 10.4 Å². The topological polar surface area (TPSA) is 49.3 Å². The van der Waals surface area contributed by atoms with Crippen molar-refractivity contribution in [2.45, 2.75) is 13.3 Å². The molecule has 2 aromatic carbocycles. The van der Waals surface area contributed by atoms with E-state index in [0.29, 0.717) is 12.0 Å². The third kappa shape index (κ3) is 3.01. The van der Waals surface area contributed by atoms with Gasteiger partial charge in [0.1, 0.15) is 0 Å². The van der Waals surface area contributed by atoms with E-state index in [1.807, 2.05) is 36.4 Å². The van der Waals surface area contributed by atoms with E-state index < -0.39 is 0 Å². The largest absolute Gasteiger partial charge is 0.396 e. The molecule has 0 bridgehead atoms. The van der Waals surface area contributed by atoms with Gasteiger partial charge in [0.15, 0.2) is 0 Å². The zero-order chi connectivity index (χ0) is 13.8. The highest BCUT2D eigenvalue weighted by molar-refractivity contribution is 6.08. The summed E-state index contributed by atoms with van der Waals surface area (Å²) in [5.74, 6) is -0.174. The first-order valence-electron chi connectivity index (χ1n) is 6.21. The minimum absolute atomic E-state index is 0.137. The molecule has 0 heterocycles. The SMILES string of the molecule is C=C(C)C(=O)Nc1cccc2cc(CCO)ccc12. The molecule has 98 valence electrons. The van der Waals surface area contributed by atoms with Crippen LogP contribution in [-0.4, -0.2) is 17.6 Å². The molecule has 3 nitrogen and oxygen atoms in total. The number of nitrogens with one attached hydrogen (secondary N) is 1. The molecule has 0 spiro atoms. The third-order valence-corrected chi connectivity index (χ3v) is 2.98. The summed E-state index contributed by atoms with van der Waals surface area (Å²) in [6.07, 6.45) is 0.637. The van der Waals surface area contributed by atoms with Crippen molar-refractivity contribution in [3.8, 4) is 0 Å². The maximum atomic E-state index is 11.7. The lowest BCUT2D eigenvalue weighted by molar-refractivity contribution is -0.112. The Bertz CT molecular complexity index is 632. The standard InChI is InChI=1S/C16H17NO2/c1-11(2)16(19)17-15-5-3-4-13-10-12(8-9-18)6-7-14(13)15/h3-7,10,18H,1,8-9H2,2H3,(H,17,19). The molecule has 0 saturated heterocycles. The molecular weight excluding hydrogens is 238 g/mol. The number of anilines is 1. The molecule has 2 aromatic rings. The van der Waals surface area contributed by atoms with E-state index in [4.69, 9.17) is 5.11 Å². The van der Waals surface area contributed by atoms with Gasteiger partial charge in [0, 0.05) is 23.3 Å². The number of rotatable bonds is 4. The smallest absolute Gasteiger partial charge is 0.250 e. The molecule has 2 N–H and O–H groups in total. The summed E-state index contributed by atoms with van der Waals surface area (Å²) in [5.41, 5.74) is 2.34. The minimum atomic E-state index is -0.174. The first-order chi connectivity index (χ1) is 9.11. The summed E-state index contributed by atoms with van der Waals surface area (Å²) >= 11 is 0. The molecule has 0 aliphatic heterocycles. The molecule has 0 radical (unpaired) electrons. The lowest BCUT2D eigenvalue weighted by atomic mass is 10.0. The van der Waals surface area contributed by atoms with E-state index in [0.717, 1.165) is 22.0 Å². The molecule has 0 aromatic heterocycles. The fourth-order valence-electron chi connectivity index (χ4n) is 1.96. The van der Waals surface area contributed by atoms with Crippen molar-refractivity contribution < 1.29 is 9.90 Å². The van der Waals surface area contributed by atoms with Gasteiger partial charge in [0.25, 0.3) is 5.91 Å². The van der Waals surface area contributed by atoms with E-state index in [-0.39, 0.29) is 12.5 Å². The number of fused-ring (bicyclic) bond motifs is 1. The summed E-state index contributed by atoms with van der Waals surface area (Å²) in [6.45, 7) is 5.45. The molecule has 0 fully saturated rings. The van der Waals surface area contributed by atoms with Gasteiger partial charge in [-0.15, -0.1) is 0 Å². The maximum Gasteiger partial charge on any atom is 0.250 e. The highest BCUT2D eigenvalue weighted by Crippen LogP contribution is 2.25. The summed E-state index contributed by atoms with van der Waals surface area (Å²) in [4.78, 5) is 11.7. The van der Waals surface area contributed by atoms with Gasteiger partial charge in [-0.2, -0.15) is 0 Å². The predicted octanol–water partition coefficient (Wildman–Crippen LogP) is 2.89. The van der Waals surface area contributed by atoms with Crippen LogP contribution < -0.4 is 5.32 Å². The van der Waals surface area contributed by atoms with E-state index in [9.17, 15) is 4.79 Å². The second-order valence-corrected chi connectivity index (χ2v) is 4.57. The fraction of sp³-hybridized carbons (Fsp3) is 0.188. The maximum absolute atomic E-state index is 11.7. The van der Waals surface area contributed by atoms with Crippen LogP contribution in [0.1, 0.15) is 12.5 Å². The number of carbonyl (C=O) groups excluding carboxylic acids is 1. The Morgan fingerprint density at radius 1 is 1.32 bits per heavy atom. The Labute approximate surface area is 112 Å². The number of amides is 1. The Morgan fingerprint density at radius 2 is 2.11 bits per heavy atom. The van der Waals surface area contributed by atoms with Crippen LogP contribution >= 0.6 is 0 Å². The van der Waals surface area contributed by atoms with Gasteiger partial charge in [0.2, 0.25) is 0 Å². The molecular formula is C16H17NO2. The number of hydrogen-bond acceptors (Lipinski definition) is 2. The first-order valence-corrected chi connectivity index (χ1v) is 6.21. The Hall–Kier alpha value is -2.13. The van der Waals surface area contributed by atoms with Crippen molar-refractivity contribution in [2.24, 2.45) is 0 Å². The van der Waals surface area contributed by atoms with Crippen molar-refractivity contribution in [3.05, 3.63) is 54.1 Å². The van der Waals surface area contributed by atoms with Crippen LogP contribution in [0.15, 0.2) is 48.6 Å². The molecule has 3 heteroatoms. The van der Waals surface area contributed by atoms with E-state index >= 15 is 0 Å². The minimum Gasteiger partial charge on any atom is -0.396 e. The number of aliphatic hydroxyl groups is 1. The van der Waals surface area contributed by atoms with Crippen LogP contribution in [0.2, 0.25) is 0 Å². The van der Waals surface area contributed by atoms with Crippen LogP contribution in [0.25, 0.3) is 10.8 Å². The van der Waals surface area contributed by atoms with Crippen LogP contribution in [0.3, 0.4) is 0 Å². The van der Waals surface area contributed by atoms with Crippen molar-refractivity contribution in [3.63, 3.8) is 0 Å². The van der Waals surface area contributed by atoms with Crippen LogP contribution in [-0.2, 0) is 11.2 Å². The quantitative estimate of drug-likeness (QED) is 0.825. The van der Waals surface area contributed by atoms with Crippen molar-refractivity contribution in [2.75, 3.05) is 11.9 Å². The highest BCUT2D eigenvalue weighted by atomic mass is 16.2. The molecule has 1 amide bonds. The van der Waals surface area contributed by atoms with Crippen LogP contribution in [0, 0.1) is 0 Å². The molecule has 19 heavy (non-hydrogen) atoms. The molecule has 0 atom stereocenters. The summed E-state index contributed by atoms with van der Waals surface area (Å²) in [7, 11) is 0. The second kappa shape index (κ2) is 5.67. The van der Waals surface area contributed by atoms with Gasteiger partial charge in [-0.05, 0) is 30.4 Å². The molecule has 0 aliphatic rings. The number of carbonyl (C=O) groups is 1. The van der Waals surface area contributed by atoms with Gasteiger partial charge >= 0.3 is 0 Å². The van der Waals surface area contributed by atoms with Crippen LogP contribution in [0.4, 0.5) is 5.69 Å². The Kier molecular flexibility index (Phi) is 3.97. The number of benzene rings is 2. The fourth-order valence-corrected chi connectivity index (χ4v) is 1.96. The average molecular weight is 255 g/mol. The van der Waals surface area contributed by atoms with Gasteiger partial charge in [-0.3, -0.25) is 4.79 Å². The van der Waals surface area contributed by atoms with Crippen molar-refractivity contribution in [1.29, 1.82) is 0 Å². The zero-order valence-electron chi connectivity index (χ0n) is 10.9. The normalized spacial score (nSPS) is 10.4. The first kappa shape index (κ1) is 13.3. The second-order valence-electron chi connectivity index (χ2n) is 4.57. The molecule has 0 unspecified atom stereocenters. The highest BCUT2D eigenvalue weighted by Gasteiger charge is 2.06. The van der Waals surface area contributed by atoms with Gasteiger partial charge in [-0.1, -0.05) is 36.9 Å². The van der Waals surface area contributed by atoms with Gasteiger partial charge in [0.05, 0.1) is 0 Å². The van der Waals surface area contributed by atoms with E-state index in [1.54, 1.807) is 6.92 Å². The molecule has 2 rings (SSSR count). The average Bonchev–Trinajstić information content (AvgIpc) is 2.39. The lowest BCUT2D eigenvalue weighted by Gasteiger charge is -2.09. The Morgan fingerprint density at radius 3 is 2.79 bits per heavy atom. The monoisotopic (exact) mass is 255 g/mol. The van der Waals surface area contributed by atoms with Crippen LogP contribution in [0.5, 0.6) is 0 Å². The van der Waals surface area contributed by atoms with Crippen molar-refractivity contribution in [1.82, 2.24) is 0 Å². The number of aliphatic hydroxyl groups excluding tert-OH is 1. The lowest BCUT2D eigenvalue weighted by Crippen LogP contribution is -2.12. The van der Waals surface area contributed by atoms with E-state index in [2.05, 4.69) is 11.9 Å². The summed E-state index contributed by atoms with van der Waals surface area (Å²) in [5, 5.41) is 13.8. The van der Waals surface area contributed by atoms with E-state index in [1.165, 1.54) is 0 Å². The van der Waals surface area contributed by atoms with Gasteiger partial charge in [-0.25, -0.2) is 0 Å². The Balaban J connectivity index is 2.40.